The Morgan fingerprint density at radius 2 is 1.69 bits per heavy atom. The average Bonchev–Trinajstić information content (AvgIpc) is 2.91. The maximum atomic E-state index is 14.1. The van der Waals surface area contributed by atoms with E-state index in [1.54, 1.807) is 38.8 Å². The number of benzene rings is 1. The Labute approximate surface area is 232 Å². The Morgan fingerprint density at radius 1 is 1.05 bits per heavy atom. The topological polar surface area (TPSA) is 110 Å². The molecule has 0 spiro atoms. The lowest BCUT2D eigenvalue weighted by atomic mass is 9.96. The quantitative estimate of drug-likeness (QED) is 0.456. The van der Waals surface area contributed by atoms with Crippen molar-refractivity contribution in [1.29, 1.82) is 0 Å². The molecule has 1 aromatic heterocycles. The zero-order chi connectivity index (χ0) is 29.2. The molecule has 2 atom stereocenters. The van der Waals surface area contributed by atoms with Crippen LogP contribution in [0.1, 0.15) is 60.1 Å². The van der Waals surface area contributed by atoms with Crippen molar-refractivity contribution in [3.8, 4) is 11.1 Å². The minimum atomic E-state index is -2.05. The van der Waals surface area contributed by atoms with Crippen molar-refractivity contribution in [1.82, 2.24) is 15.6 Å². The smallest absolute Gasteiger partial charge is 0.408 e. The molecular formula is C29H42N4O5Si. The van der Waals surface area contributed by atoms with Crippen LogP contribution < -0.4 is 15.5 Å². The Kier molecular flexibility index (Phi) is 8.91. The third-order valence-corrected chi connectivity index (χ3v) is 11.7. The number of nitrogens with one attached hydrogen (secondary N) is 2. The summed E-state index contributed by atoms with van der Waals surface area (Å²) in [5.41, 5.74) is 1.55. The van der Waals surface area contributed by atoms with Gasteiger partial charge in [0.15, 0.2) is 8.32 Å². The predicted molar refractivity (Wildman–Crippen MR) is 155 cm³/mol. The van der Waals surface area contributed by atoms with E-state index in [0.29, 0.717) is 18.0 Å². The lowest BCUT2D eigenvalue weighted by molar-refractivity contribution is -0.128. The molecular weight excluding hydrogens is 512 g/mol. The monoisotopic (exact) mass is 554 g/mol. The average molecular weight is 555 g/mol. The molecule has 9 nitrogen and oxygen atoms in total. The molecule has 1 aromatic carbocycles. The summed E-state index contributed by atoms with van der Waals surface area (Å²) in [4.78, 5) is 45.7. The fourth-order valence-electron chi connectivity index (χ4n) is 3.99. The number of alkyl carbamates (subject to hydrolysis) is 1. The number of carbonyl (C=O) groups is 3. The molecule has 2 aromatic rings. The van der Waals surface area contributed by atoms with Crippen LogP contribution in [0.15, 0.2) is 42.6 Å². The molecule has 10 heteroatoms. The van der Waals surface area contributed by atoms with E-state index in [0.717, 1.165) is 11.1 Å². The van der Waals surface area contributed by atoms with Crippen LogP contribution in [-0.2, 0) is 18.8 Å². The molecule has 0 aliphatic carbocycles. The first-order valence-electron chi connectivity index (χ1n) is 13.3. The van der Waals surface area contributed by atoms with Crippen molar-refractivity contribution in [2.24, 2.45) is 0 Å². The number of nitrogens with zero attached hydrogens (tertiary/aromatic N) is 2. The van der Waals surface area contributed by atoms with Crippen molar-refractivity contribution in [3.63, 3.8) is 0 Å². The third-order valence-electron chi connectivity index (χ3n) is 7.11. The minimum absolute atomic E-state index is 0.0238. The molecule has 212 valence electrons. The first-order valence-corrected chi connectivity index (χ1v) is 16.2. The van der Waals surface area contributed by atoms with Gasteiger partial charge >= 0.3 is 6.09 Å². The van der Waals surface area contributed by atoms with Gasteiger partial charge in [0.25, 0.3) is 5.91 Å². The number of aromatic nitrogens is 1. The number of pyridine rings is 1. The maximum Gasteiger partial charge on any atom is 0.408 e. The number of carbonyl (C=O) groups excluding carboxylic acids is 3. The number of hydrogen-bond donors (Lipinski definition) is 2. The molecule has 1 aliphatic rings. The van der Waals surface area contributed by atoms with E-state index in [2.05, 4.69) is 49.5 Å². The van der Waals surface area contributed by atoms with Gasteiger partial charge in [0.1, 0.15) is 23.5 Å². The van der Waals surface area contributed by atoms with Crippen LogP contribution in [0.4, 0.5) is 10.6 Å². The summed E-state index contributed by atoms with van der Waals surface area (Å²) in [6.07, 6.45) is 0.945. The van der Waals surface area contributed by atoms with E-state index >= 15 is 0 Å². The summed E-state index contributed by atoms with van der Waals surface area (Å²) in [5, 5.41) is 5.44. The van der Waals surface area contributed by atoms with Gasteiger partial charge in [0.2, 0.25) is 5.91 Å². The fraction of sp³-hybridized carbons (Fsp3) is 0.517. The second-order valence-electron chi connectivity index (χ2n) is 12.4. The molecule has 2 heterocycles. The first-order chi connectivity index (χ1) is 18.0. The Bertz CT molecular complexity index is 1220. The van der Waals surface area contributed by atoms with Crippen LogP contribution >= 0.6 is 0 Å². The molecule has 1 unspecified atom stereocenters. The van der Waals surface area contributed by atoms with Crippen molar-refractivity contribution >= 4 is 32.0 Å². The van der Waals surface area contributed by atoms with Crippen molar-refractivity contribution in [2.75, 3.05) is 18.1 Å². The fourth-order valence-corrected chi connectivity index (χ4v) is 5.03. The van der Waals surface area contributed by atoms with Crippen LogP contribution in [0.3, 0.4) is 0 Å². The predicted octanol–water partition coefficient (Wildman–Crippen LogP) is 5.19. The zero-order valence-corrected chi connectivity index (χ0v) is 25.5. The van der Waals surface area contributed by atoms with Gasteiger partial charge in [-0.1, -0.05) is 45.0 Å². The summed E-state index contributed by atoms with van der Waals surface area (Å²) in [7, 11) is -2.05. The van der Waals surface area contributed by atoms with Gasteiger partial charge in [-0.25, -0.2) is 9.78 Å². The Morgan fingerprint density at radius 3 is 2.33 bits per heavy atom. The molecule has 0 bridgehead atoms. The molecule has 0 radical (unpaired) electrons. The van der Waals surface area contributed by atoms with Crippen LogP contribution in [0.2, 0.25) is 18.1 Å². The molecule has 0 fully saturated rings. The SMILES string of the molecule is C[C@H](NC(=O)OC(C)(C)C)C(=O)NC1C(=O)N(CCO[Si](C)(C)C(C)(C)C)c2ncccc2-c2ccccc21. The van der Waals surface area contributed by atoms with Crippen LogP contribution in [-0.4, -0.2) is 56.0 Å². The van der Waals surface area contributed by atoms with E-state index in [4.69, 9.17) is 9.16 Å². The van der Waals surface area contributed by atoms with Crippen molar-refractivity contribution in [3.05, 3.63) is 48.2 Å². The lowest BCUT2D eigenvalue weighted by Crippen LogP contribution is -2.51. The highest BCUT2D eigenvalue weighted by atomic mass is 28.4. The van der Waals surface area contributed by atoms with E-state index in [9.17, 15) is 14.4 Å². The second-order valence-corrected chi connectivity index (χ2v) is 17.2. The standard InChI is InChI=1S/C29H42N4O5Si/c1-19(31-27(36)38-28(2,3)4)25(34)32-23-21-14-11-10-13-20(21)22-15-12-16-30-24(22)33(26(23)35)17-18-37-39(8,9)29(5,6)7/h10-16,19,23H,17-18H2,1-9H3,(H,31,36)(H,32,34)/t19-,23?/m0/s1. The van der Waals surface area contributed by atoms with E-state index in [-0.39, 0.29) is 17.5 Å². The molecule has 0 saturated heterocycles. The summed E-state index contributed by atoms with van der Waals surface area (Å²) in [5.74, 6) is -0.313. The number of anilines is 1. The van der Waals surface area contributed by atoms with Crippen LogP contribution in [0.5, 0.6) is 0 Å². The second kappa shape index (κ2) is 11.5. The normalized spacial score (nSPS) is 16.5. The molecule has 3 rings (SSSR count). The van der Waals surface area contributed by atoms with Crippen LogP contribution in [0.25, 0.3) is 11.1 Å². The van der Waals surface area contributed by atoms with Gasteiger partial charge in [0.05, 0.1) is 6.61 Å². The Balaban J connectivity index is 1.91. The molecule has 0 saturated carbocycles. The van der Waals surface area contributed by atoms with Gasteiger partial charge in [-0.3, -0.25) is 14.5 Å². The van der Waals surface area contributed by atoms with Gasteiger partial charge in [-0.15, -0.1) is 0 Å². The van der Waals surface area contributed by atoms with Gasteiger partial charge in [-0.05, 0) is 69.1 Å². The summed E-state index contributed by atoms with van der Waals surface area (Å²) in [6, 6.07) is 9.31. The summed E-state index contributed by atoms with van der Waals surface area (Å²) >= 11 is 0. The number of ether oxygens (including phenoxy) is 1. The van der Waals surface area contributed by atoms with Gasteiger partial charge in [-0.2, -0.15) is 0 Å². The number of amides is 3. The van der Waals surface area contributed by atoms with Crippen molar-refractivity contribution in [2.45, 2.75) is 84.3 Å². The number of hydrogen-bond acceptors (Lipinski definition) is 6. The molecule has 3 amide bonds. The van der Waals surface area contributed by atoms with Crippen molar-refractivity contribution < 1.29 is 23.5 Å². The molecule has 2 N–H and O–H groups in total. The molecule has 39 heavy (non-hydrogen) atoms. The van der Waals surface area contributed by atoms with Gasteiger partial charge in [0, 0.05) is 18.3 Å². The summed E-state index contributed by atoms with van der Waals surface area (Å²) in [6.45, 7) is 18.2. The van der Waals surface area contributed by atoms with E-state index < -0.39 is 38.0 Å². The number of rotatable bonds is 7. The van der Waals surface area contributed by atoms with E-state index in [1.807, 2.05) is 36.4 Å². The van der Waals surface area contributed by atoms with E-state index in [1.165, 1.54) is 0 Å². The minimum Gasteiger partial charge on any atom is -0.444 e. The maximum absolute atomic E-state index is 14.1. The first kappa shape index (κ1) is 30.3. The molecule has 1 aliphatic heterocycles. The summed E-state index contributed by atoms with van der Waals surface area (Å²) < 4.78 is 11.7. The highest BCUT2D eigenvalue weighted by Gasteiger charge is 2.39. The highest BCUT2D eigenvalue weighted by molar-refractivity contribution is 6.74. The lowest BCUT2D eigenvalue weighted by Gasteiger charge is -2.37. The van der Waals surface area contributed by atoms with Gasteiger partial charge < -0.3 is 19.8 Å². The zero-order valence-electron chi connectivity index (χ0n) is 24.5. The van der Waals surface area contributed by atoms with Crippen LogP contribution in [0, 0.1) is 0 Å². The highest BCUT2D eigenvalue weighted by Crippen LogP contribution is 2.40. The third kappa shape index (κ3) is 7.24. The number of fused-ring (bicyclic) bond motifs is 3. The Hall–Kier alpha value is -3.24. The largest absolute Gasteiger partial charge is 0.444 e.